The molecule has 0 aromatic heterocycles. The van der Waals surface area contributed by atoms with Crippen molar-refractivity contribution in [1.82, 2.24) is 10.2 Å². The number of aromatic hydroxyl groups is 1. The number of amides is 3. The van der Waals surface area contributed by atoms with Gasteiger partial charge in [0.1, 0.15) is 29.2 Å². The zero-order chi connectivity index (χ0) is 29.3. The summed E-state index contributed by atoms with van der Waals surface area (Å²) in [5.74, 6) is -1.09. The van der Waals surface area contributed by atoms with E-state index < -0.39 is 42.2 Å². The van der Waals surface area contributed by atoms with E-state index in [9.17, 15) is 24.6 Å². The molecule has 0 aliphatic rings. The van der Waals surface area contributed by atoms with Crippen LogP contribution in [0.4, 0.5) is 10.5 Å². The Kier molecular flexibility index (Phi) is 11.2. The first-order chi connectivity index (χ1) is 18.3. The number of phenolic OH excluding ortho intramolecular Hbond substituents is 1. The number of nitrogens with one attached hydrogen (secondary N) is 2. The van der Waals surface area contributed by atoms with Gasteiger partial charge in [-0.05, 0) is 63.4 Å². The Morgan fingerprint density at radius 1 is 1.08 bits per heavy atom. The number of hydrogen-bond acceptors (Lipinski definition) is 7. The molecule has 2 aromatic rings. The van der Waals surface area contributed by atoms with Crippen LogP contribution in [0.1, 0.15) is 58.2 Å². The second-order valence-electron chi connectivity index (χ2n) is 10.4. The second kappa shape index (κ2) is 13.8. The molecule has 2 aromatic carbocycles. The van der Waals surface area contributed by atoms with E-state index in [1.807, 2.05) is 6.92 Å². The van der Waals surface area contributed by atoms with E-state index in [0.29, 0.717) is 23.4 Å². The van der Waals surface area contributed by atoms with Gasteiger partial charge in [-0.15, -0.1) is 0 Å². The van der Waals surface area contributed by atoms with Crippen molar-refractivity contribution >= 4 is 23.6 Å². The van der Waals surface area contributed by atoms with E-state index in [0.717, 1.165) is 0 Å². The lowest BCUT2D eigenvalue weighted by Crippen LogP contribution is -2.55. The molecule has 0 aliphatic carbocycles. The Morgan fingerprint density at radius 3 is 2.26 bits per heavy atom. The predicted molar refractivity (Wildman–Crippen MR) is 149 cm³/mol. The lowest BCUT2D eigenvalue weighted by atomic mass is 9.95. The van der Waals surface area contributed by atoms with Crippen molar-refractivity contribution in [3.63, 3.8) is 0 Å². The number of carbonyl (C=O) groups is 3. The predicted octanol–water partition coefficient (Wildman–Crippen LogP) is 4.15. The van der Waals surface area contributed by atoms with Crippen LogP contribution in [0.3, 0.4) is 0 Å². The van der Waals surface area contributed by atoms with Crippen molar-refractivity contribution in [2.75, 3.05) is 25.6 Å². The molecule has 0 radical (unpaired) electrons. The number of aliphatic hydroxyl groups is 1. The molecule has 10 nitrogen and oxygen atoms in total. The maximum atomic E-state index is 14.1. The van der Waals surface area contributed by atoms with Crippen LogP contribution in [0.5, 0.6) is 11.5 Å². The number of para-hydroxylation sites is 1. The molecule has 3 unspecified atom stereocenters. The first kappa shape index (κ1) is 31.4. The van der Waals surface area contributed by atoms with Gasteiger partial charge in [0, 0.05) is 17.8 Å². The normalized spacial score (nSPS) is 13.5. The van der Waals surface area contributed by atoms with Crippen LogP contribution in [0, 0.1) is 12.8 Å². The van der Waals surface area contributed by atoms with E-state index in [4.69, 9.17) is 9.47 Å². The molecule has 0 heterocycles. The van der Waals surface area contributed by atoms with Crippen molar-refractivity contribution in [2.24, 2.45) is 5.92 Å². The van der Waals surface area contributed by atoms with Gasteiger partial charge in [-0.2, -0.15) is 0 Å². The Hall–Kier alpha value is -3.79. The summed E-state index contributed by atoms with van der Waals surface area (Å²) < 4.78 is 10.5. The van der Waals surface area contributed by atoms with Crippen molar-refractivity contribution in [1.29, 1.82) is 0 Å². The first-order valence-electron chi connectivity index (χ1n) is 13.0. The molecule has 0 saturated carbocycles. The highest BCUT2D eigenvalue weighted by molar-refractivity contribution is 5.99. The number of hydrogen-bond donors (Lipinski definition) is 4. The number of carbonyl (C=O) groups excluding carboxylic acids is 3. The molecule has 214 valence electrons. The SMILES string of the molecule is CCC(C)C(NC(=O)OC(C)(C)C)C(=O)N(CCO)C(C(=O)Nc1ccc(OC)cc1)c1cccc(C)c1O. The van der Waals surface area contributed by atoms with Crippen molar-refractivity contribution in [2.45, 2.75) is 65.6 Å². The van der Waals surface area contributed by atoms with Gasteiger partial charge < -0.3 is 35.2 Å². The lowest BCUT2D eigenvalue weighted by Gasteiger charge is -2.36. The fourth-order valence-corrected chi connectivity index (χ4v) is 4.01. The lowest BCUT2D eigenvalue weighted by molar-refractivity contribution is -0.142. The molecule has 2 rings (SSSR count). The number of benzene rings is 2. The molecule has 0 saturated heterocycles. The molecular formula is C29H41N3O7. The molecule has 0 fully saturated rings. The average Bonchev–Trinajstić information content (AvgIpc) is 2.88. The van der Waals surface area contributed by atoms with Crippen LogP contribution in [0.2, 0.25) is 0 Å². The van der Waals surface area contributed by atoms with Crippen LogP contribution in [0.15, 0.2) is 42.5 Å². The number of phenols is 1. The third-order valence-electron chi connectivity index (χ3n) is 6.26. The van der Waals surface area contributed by atoms with E-state index in [2.05, 4.69) is 10.6 Å². The molecule has 4 N–H and O–H groups in total. The van der Waals surface area contributed by atoms with Crippen LogP contribution >= 0.6 is 0 Å². The smallest absolute Gasteiger partial charge is 0.408 e. The topological polar surface area (TPSA) is 137 Å². The second-order valence-corrected chi connectivity index (χ2v) is 10.4. The van der Waals surface area contributed by atoms with Gasteiger partial charge in [0.15, 0.2) is 0 Å². The highest BCUT2D eigenvalue weighted by Gasteiger charge is 2.39. The summed E-state index contributed by atoms with van der Waals surface area (Å²) in [6.45, 7) is 9.81. The van der Waals surface area contributed by atoms with E-state index >= 15 is 0 Å². The maximum Gasteiger partial charge on any atom is 0.408 e. The Labute approximate surface area is 230 Å². The minimum absolute atomic E-state index is 0.150. The number of aryl methyl sites for hydroxylation is 1. The fraction of sp³-hybridized carbons (Fsp3) is 0.483. The van der Waals surface area contributed by atoms with Crippen LogP contribution in [-0.2, 0) is 14.3 Å². The third kappa shape index (κ3) is 8.61. The molecule has 0 bridgehead atoms. The maximum absolute atomic E-state index is 14.1. The number of aliphatic hydroxyl groups excluding tert-OH is 1. The Balaban J connectivity index is 2.56. The average molecular weight is 544 g/mol. The summed E-state index contributed by atoms with van der Waals surface area (Å²) in [7, 11) is 1.53. The first-order valence-corrected chi connectivity index (χ1v) is 13.0. The fourth-order valence-electron chi connectivity index (χ4n) is 4.01. The molecule has 3 atom stereocenters. The number of alkyl carbamates (subject to hydrolysis) is 1. The van der Waals surface area contributed by atoms with Crippen molar-refractivity contribution in [3.8, 4) is 11.5 Å². The summed E-state index contributed by atoms with van der Waals surface area (Å²) in [5, 5.41) is 26.3. The highest BCUT2D eigenvalue weighted by Crippen LogP contribution is 2.33. The minimum Gasteiger partial charge on any atom is -0.507 e. The van der Waals surface area contributed by atoms with Gasteiger partial charge in [-0.25, -0.2) is 4.79 Å². The number of methoxy groups -OCH3 is 1. The van der Waals surface area contributed by atoms with Gasteiger partial charge in [-0.1, -0.05) is 38.5 Å². The molecule has 0 aliphatic heterocycles. The zero-order valence-corrected chi connectivity index (χ0v) is 23.8. The van der Waals surface area contributed by atoms with Gasteiger partial charge in [0.05, 0.1) is 13.7 Å². The Morgan fingerprint density at radius 2 is 1.72 bits per heavy atom. The number of nitrogens with zero attached hydrogens (tertiary/aromatic N) is 1. The van der Waals surface area contributed by atoms with Gasteiger partial charge in [0.25, 0.3) is 5.91 Å². The van der Waals surface area contributed by atoms with E-state index in [1.165, 1.54) is 12.0 Å². The van der Waals surface area contributed by atoms with E-state index in [1.54, 1.807) is 77.1 Å². The number of rotatable bonds is 11. The number of ether oxygens (including phenoxy) is 2. The summed E-state index contributed by atoms with van der Waals surface area (Å²) in [4.78, 5) is 41.7. The third-order valence-corrected chi connectivity index (χ3v) is 6.26. The molecule has 39 heavy (non-hydrogen) atoms. The summed E-state index contributed by atoms with van der Waals surface area (Å²) in [6, 6.07) is 9.18. The summed E-state index contributed by atoms with van der Waals surface area (Å²) >= 11 is 0. The van der Waals surface area contributed by atoms with Crippen LogP contribution in [0.25, 0.3) is 0 Å². The van der Waals surface area contributed by atoms with Gasteiger partial charge in [0.2, 0.25) is 5.91 Å². The molecule has 10 heteroatoms. The molecule has 3 amide bonds. The zero-order valence-electron chi connectivity index (χ0n) is 23.8. The highest BCUT2D eigenvalue weighted by atomic mass is 16.6. The minimum atomic E-state index is -1.32. The van der Waals surface area contributed by atoms with Crippen molar-refractivity contribution < 1.29 is 34.1 Å². The van der Waals surface area contributed by atoms with Crippen LogP contribution < -0.4 is 15.4 Å². The quantitative estimate of drug-likeness (QED) is 0.334. The largest absolute Gasteiger partial charge is 0.507 e. The summed E-state index contributed by atoms with van der Waals surface area (Å²) in [5.41, 5.74) is 0.352. The van der Waals surface area contributed by atoms with E-state index in [-0.39, 0.29) is 23.8 Å². The standard InChI is InChI=1S/C29H41N3O7/c1-8-18(2)23(31-28(37)39-29(4,5)6)27(36)32(16-17-33)24(22-11-9-10-19(3)25(22)34)26(35)30-20-12-14-21(38-7)15-13-20/h9-15,18,23-24,33-34H,8,16-17H2,1-7H3,(H,30,35)(H,31,37). The van der Waals surface area contributed by atoms with Gasteiger partial charge in [-0.3, -0.25) is 9.59 Å². The monoisotopic (exact) mass is 543 g/mol. The Bertz CT molecular complexity index is 1130. The van der Waals surface area contributed by atoms with Crippen molar-refractivity contribution in [3.05, 3.63) is 53.6 Å². The van der Waals surface area contributed by atoms with Crippen LogP contribution in [-0.4, -0.2) is 64.9 Å². The number of anilines is 1. The van der Waals surface area contributed by atoms with Gasteiger partial charge >= 0.3 is 6.09 Å². The molecule has 0 spiro atoms. The summed E-state index contributed by atoms with van der Waals surface area (Å²) in [6.07, 6.45) is -0.236. The molecular weight excluding hydrogens is 502 g/mol.